The summed E-state index contributed by atoms with van der Waals surface area (Å²) in [6.07, 6.45) is 4.43. The quantitative estimate of drug-likeness (QED) is 0.316. The number of hydrogen-bond acceptors (Lipinski definition) is 6. The number of benzene rings is 2. The van der Waals surface area contributed by atoms with Gasteiger partial charge in [-0.15, -0.1) is 9.69 Å². The first-order valence-corrected chi connectivity index (χ1v) is 14.5. The second-order valence-corrected chi connectivity index (χ2v) is 11.8. The van der Waals surface area contributed by atoms with Crippen molar-refractivity contribution in [3.8, 4) is 11.1 Å². The van der Waals surface area contributed by atoms with Gasteiger partial charge in [-0.25, -0.2) is 9.18 Å². The predicted octanol–water partition coefficient (Wildman–Crippen LogP) is 2.26. The topological polar surface area (TPSA) is 139 Å². The van der Waals surface area contributed by atoms with E-state index in [4.69, 9.17) is 10.2 Å². The summed E-state index contributed by atoms with van der Waals surface area (Å²) in [6.45, 7) is 1.69. The zero-order valence-corrected chi connectivity index (χ0v) is 23.6. The van der Waals surface area contributed by atoms with Gasteiger partial charge in [-0.3, -0.25) is 19.1 Å². The molecule has 0 unspecified atom stereocenters. The van der Waals surface area contributed by atoms with Crippen molar-refractivity contribution in [1.29, 1.82) is 0 Å². The average molecular weight is 589 g/mol. The lowest BCUT2D eigenvalue weighted by molar-refractivity contribution is -0.140. The van der Waals surface area contributed by atoms with Crippen LogP contribution >= 0.6 is 0 Å². The minimum absolute atomic E-state index is 0.0179. The molecule has 5 heterocycles. The summed E-state index contributed by atoms with van der Waals surface area (Å²) in [6, 6.07) is 8.65. The van der Waals surface area contributed by atoms with Crippen LogP contribution in [0.3, 0.4) is 0 Å². The number of nitrogens with zero attached hydrogens (tertiary/aromatic N) is 6. The highest BCUT2D eigenvalue weighted by molar-refractivity contribution is 6.00. The summed E-state index contributed by atoms with van der Waals surface area (Å²) in [5, 5.41) is 22.1. The van der Waals surface area contributed by atoms with Crippen LogP contribution in [0.4, 0.5) is 4.39 Å². The number of carbonyl (C=O) groups is 4. The van der Waals surface area contributed by atoms with Crippen molar-refractivity contribution in [2.75, 3.05) is 26.2 Å². The minimum atomic E-state index is -1.16. The summed E-state index contributed by atoms with van der Waals surface area (Å²) in [7, 11) is 0. The zero-order chi connectivity index (χ0) is 30.0. The van der Waals surface area contributed by atoms with E-state index in [2.05, 4.69) is 10.4 Å². The molecule has 4 aromatic rings. The molecule has 1 saturated carbocycles. The number of hydrogen-bond donors (Lipinski definition) is 2. The number of aliphatic carboxylic acids is 1. The summed E-state index contributed by atoms with van der Waals surface area (Å²) in [5.74, 6) is -2.49. The second kappa shape index (κ2) is 9.97. The molecule has 2 N–H and O–H groups in total. The number of rotatable bonds is 7. The number of amides is 3. The number of piperidine rings is 1. The van der Waals surface area contributed by atoms with E-state index in [1.165, 1.54) is 11.0 Å². The summed E-state index contributed by atoms with van der Waals surface area (Å²) >= 11 is 0. The molecule has 222 valence electrons. The molecule has 2 aromatic carbocycles. The van der Waals surface area contributed by atoms with Crippen LogP contribution in [0.15, 0.2) is 36.5 Å². The number of quaternary nitrogens is 1. The van der Waals surface area contributed by atoms with E-state index in [9.17, 15) is 19.2 Å². The molecular weight excluding hydrogens is 557 g/mol. The highest BCUT2D eigenvalue weighted by Gasteiger charge is 2.44. The van der Waals surface area contributed by atoms with Crippen molar-refractivity contribution in [2.24, 2.45) is 0 Å². The molecular formula is C30H31FN7O5+. The number of fused-ring (bicyclic) bond motifs is 2. The first-order chi connectivity index (χ1) is 20.7. The Morgan fingerprint density at radius 2 is 1.86 bits per heavy atom. The maximum atomic E-state index is 15.7. The summed E-state index contributed by atoms with van der Waals surface area (Å²) in [5.41, 5.74) is 3.13. The lowest BCUT2D eigenvalue weighted by Crippen LogP contribution is -2.65. The molecule has 3 aliphatic heterocycles. The highest BCUT2D eigenvalue weighted by atomic mass is 19.1. The molecule has 13 heteroatoms. The predicted molar refractivity (Wildman–Crippen MR) is 154 cm³/mol. The van der Waals surface area contributed by atoms with E-state index >= 15 is 4.39 Å². The number of carboxylic acid groups (broad SMARTS) is 1. The van der Waals surface area contributed by atoms with Crippen molar-refractivity contribution in [1.82, 2.24) is 34.5 Å². The normalized spacial score (nSPS) is 20.7. The largest absolute Gasteiger partial charge is 0.480 e. The van der Waals surface area contributed by atoms with Crippen LogP contribution in [0.1, 0.15) is 44.2 Å². The van der Waals surface area contributed by atoms with Gasteiger partial charge >= 0.3 is 11.9 Å². The van der Waals surface area contributed by atoms with Crippen LogP contribution in [0, 0.1) is 5.82 Å². The molecule has 4 aliphatic rings. The number of carboxylic acids is 1. The number of aromatic nitrogens is 4. The highest BCUT2D eigenvalue weighted by Crippen LogP contribution is 2.42. The zero-order valence-electron chi connectivity index (χ0n) is 23.6. The molecule has 2 fully saturated rings. The standard InChI is InChI=1S/C30H30FN7O5/c1-17(39)38-9-7-18(8-10-38)30-29-21(22-12-25-19(11-23(22)31)13-33-37(25)38)3-2-4-24(29)36(34-30)16-27(41)35(20-5-6-20)15-26(40)32-14-28(42)43/h2-4,11-13,18,20H,5-10,14-16H2,1H3,(H-,32,40,42,43)/p+1. The summed E-state index contributed by atoms with van der Waals surface area (Å²) < 4.78 is 17.4. The minimum Gasteiger partial charge on any atom is -0.480 e. The second-order valence-electron chi connectivity index (χ2n) is 11.8. The fraction of sp³-hybridized carbons (Fsp3) is 0.400. The van der Waals surface area contributed by atoms with Crippen molar-refractivity contribution >= 4 is 45.5 Å². The van der Waals surface area contributed by atoms with Gasteiger partial charge in [-0.05, 0) is 36.6 Å². The van der Waals surface area contributed by atoms with E-state index in [0.717, 1.165) is 23.9 Å². The summed E-state index contributed by atoms with van der Waals surface area (Å²) in [4.78, 5) is 53.2. The van der Waals surface area contributed by atoms with Crippen LogP contribution in [0.25, 0.3) is 32.9 Å². The Morgan fingerprint density at radius 1 is 1.09 bits per heavy atom. The molecule has 12 nitrogen and oxygen atoms in total. The SMILES string of the molecule is CC(=O)[N+]12CCC(CC1)c1nn(CC(=O)N(CC(=O)NCC(=O)O)C3CC3)c3cccc(c13)-c1cc3c(cnn32)cc1F. The molecule has 1 aliphatic carbocycles. The number of carbonyl (C=O) groups excluding carboxylic acids is 3. The first-order valence-electron chi connectivity index (χ1n) is 14.5. The Morgan fingerprint density at radius 3 is 2.56 bits per heavy atom. The fourth-order valence-electron chi connectivity index (χ4n) is 6.75. The average Bonchev–Trinajstić information content (AvgIpc) is 3.65. The van der Waals surface area contributed by atoms with Gasteiger partial charge in [0.15, 0.2) is 0 Å². The van der Waals surface area contributed by atoms with Gasteiger partial charge in [0, 0.05) is 41.1 Å². The lowest BCUT2D eigenvalue weighted by atomic mass is 9.88. The van der Waals surface area contributed by atoms with E-state index < -0.39 is 24.2 Å². The number of halogens is 1. The third-order valence-corrected chi connectivity index (χ3v) is 9.11. The van der Waals surface area contributed by atoms with Crippen molar-refractivity contribution in [3.63, 3.8) is 0 Å². The van der Waals surface area contributed by atoms with Gasteiger partial charge in [0.25, 0.3) is 0 Å². The van der Waals surface area contributed by atoms with Crippen molar-refractivity contribution < 1.29 is 28.7 Å². The molecule has 43 heavy (non-hydrogen) atoms. The van der Waals surface area contributed by atoms with E-state index in [0.29, 0.717) is 53.5 Å². The smallest absolute Gasteiger partial charge is 0.336 e. The van der Waals surface area contributed by atoms with Crippen molar-refractivity contribution in [3.05, 3.63) is 48.0 Å². The van der Waals surface area contributed by atoms with Crippen LogP contribution in [0.2, 0.25) is 0 Å². The van der Waals surface area contributed by atoms with Crippen LogP contribution in [0.5, 0.6) is 0 Å². The van der Waals surface area contributed by atoms with Crippen LogP contribution < -0.4 is 9.91 Å². The molecule has 3 amide bonds. The fourth-order valence-corrected chi connectivity index (χ4v) is 6.75. The first kappa shape index (κ1) is 27.2. The third-order valence-electron chi connectivity index (χ3n) is 9.11. The lowest BCUT2D eigenvalue weighted by Gasteiger charge is -2.39. The van der Waals surface area contributed by atoms with Gasteiger partial charge < -0.3 is 15.3 Å². The van der Waals surface area contributed by atoms with Gasteiger partial charge in [-0.1, -0.05) is 16.9 Å². The molecule has 1 saturated heterocycles. The van der Waals surface area contributed by atoms with E-state index in [-0.39, 0.29) is 41.5 Å². The molecule has 0 atom stereocenters. The Labute approximate surface area is 245 Å². The van der Waals surface area contributed by atoms with E-state index in [1.54, 1.807) is 28.7 Å². The van der Waals surface area contributed by atoms with Gasteiger partial charge in [0.2, 0.25) is 11.8 Å². The Balaban J connectivity index is 1.33. The Kier molecular flexibility index (Phi) is 6.31. The van der Waals surface area contributed by atoms with Gasteiger partial charge in [0.1, 0.15) is 37.5 Å². The maximum Gasteiger partial charge on any atom is 0.336 e. The maximum absolute atomic E-state index is 15.7. The van der Waals surface area contributed by atoms with Crippen LogP contribution in [-0.2, 0) is 25.7 Å². The monoisotopic (exact) mass is 588 g/mol. The molecule has 4 bridgehead atoms. The van der Waals surface area contributed by atoms with Crippen LogP contribution in [-0.4, -0.2) is 85.6 Å². The molecule has 8 rings (SSSR count). The van der Waals surface area contributed by atoms with Gasteiger partial charge in [0.05, 0.1) is 30.9 Å². The van der Waals surface area contributed by atoms with Gasteiger partial charge in [-0.2, -0.15) is 5.10 Å². The molecule has 0 radical (unpaired) electrons. The molecule has 2 aromatic heterocycles. The Hall–Kier alpha value is -4.65. The Bertz CT molecular complexity index is 1830. The molecule has 0 spiro atoms. The van der Waals surface area contributed by atoms with Crippen molar-refractivity contribution in [2.45, 2.75) is 51.1 Å². The number of nitrogens with one attached hydrogen (secondary N) is 1. The third kappa shape index (κ3) is 4.46. The van der Waals surface area contributed by atoms with E-state index in [1.807, 2.05) is 18.2 Å².